The Labute approximate surface area is 151 Å². The van der Waals surface area contributed by atoms with Gasteiger partial charge in [-0.1, -0.05) is 17.7 Å². The minimum Gasteiger partial charge on any atom is -0.389 e. The first-order chi connectivity index (χ1) is 12.2. The van der Waals surface area contributed by atoms with Crippen molar-refractivity contribution in [1.29, 1.82) is 0 Å². The van der Waals surface area contributed by atoms with Gasteiger partial charge < -0.3 is 10.0 Å². The molecule has 0 amide bonds. The summed E-state index contributed by atoms with van der Waals surface area (Å²) >= 11 is 0. The summed E-state index contributed by atoms with van der Waals surface area (Å²) in [6, 6.07) is 9.07. The van der Waals surface area contributed by atoms with Gasteiger partial charge in [-0.2, -0.15) is 0 Å². The lowest BCUT2D eigenvalue weighted by Crippen LogP contribution is -2.51. The van der Waals surface area contributed by atoms with E-state index in [1.807, 2.05) is 13.0 Å². The molecule has 0 atom stereocenters. The zero-order valence-corrected chi connectivity index (χ0v) is 15.2. The van der Waals surface area contributed by atoms with E-state index in [0.717, 1.165) is 17.2 Å². The molecule has 1 fully saturated rings. The predicted octanol–water partition coefficient (Wildman–Crippen LogP) is 2.19. The summed E-state index contributed by atoms with van der Waals surface area (Å²) in [5.74, 6) is 0. The Balaban J connectivity index is 1.94. The third-order valence-corrected chi connectivity index (χ3v) is 5.65. The van der Waals surface area contributed by atoms with Crippen LogP contribution in [0.1, 0.15) is 11.1 Å². The van der Waals surface area contributed by atoms with Crippen molar-refractivity contribution in [3.05, 3.63) is 57.6 Å². The molecule has 0 radical (unpaired) electrons. The second-order valence-corrected chi connectivity index (χ2v) is 8.07. The van der Waals surface area contributed by atoms with E-state index < -0.39 is 21.1 Å². The highest BCUT2D eigenvalue weighted by Crippen LogP contribution is 2.34. The Morgan fingerprint density at radius 1 is 1.19 bits per heavy atom. The Morgan fingerprint density at radius 2 is 1.88 bits per heavy atom. The van der Waals surface area contributed by atoms with Crippen molar-refractivity contribution in [1.82, 2.24) is 0 Å². The molecule has 0 unspecified atom stereocenters. The summed E-state index contributed by atoms with van der Waals surface area (Å²) in [7, 11) is -3.97. The van der Waals surface area contributed by atoms with Crippen LogP contribution in [0, 0.1) is 24.0 Å². The SMILES string of the molecule is Cc1ccc(NS(=O)(=O)c2ccc(N3CC(O)C3)c([N+](=O)[O-])c2)c(C)c1. The Hall–Kier alpha value is -2.65. The van der Waals surface area contributed by atoms with Crippen LogP contribution in [-0.2, 0) is 10.0 Å². The maximum atomic E-state index is 12.6. The van der Waals surface area contributed by atoms with Gasteiger partial charge in [-0.15, -0.1) is 0 Å². The van der Waals surface area contributed by atoms with Crippen molar-refractivity contribution in [3.63, 3.8) is 0 Å². The smallest absolute Gasteiger partial charge is 0.293 e. The largest absolute Gasteiger partial charge is 0.389 e. The average molecular weight is 377 g/mol. The number of anilines is 2. The summed E-state index contributed by atoms with van der Waals surface area (Å²) in [6.45, 7) is 4.26. The van der Waals surface area contributed by atoms with Gasteiger partial charge >= 0.3 is 0 Å². The fourth-order valence-electron chi connectivity index (χ4n) is 2.87. The van der Waals surface area contributed by atoms with Crippen molar-refractivity contribution >= 4 is 27.1 Å². The van der Waals surface area contributed by atoms with Crippen LogP contribution in [-0.4, -0.2) is 37.6 Å². The van der Waals surface area contributed by atoms with Crippen molar-refractivity contribution in [2.75, 3.05) is 22.7 Å². The molecule has 8 nitrogen and oxygen atoms in total. The van der Waals surface area contributed by atoms with Crippen molar-refractivity contribution in [2.45, 2.75) is 24.8 Å². The zero-order chi connectivity index (χ0) is 19.1. The minimum atomic E-state index is -3.97. The summed E-state index contributed by atoms with van der Waals surface area (Å²) in [5.41, 5.74) is 2.18. The van der Waals surface area contributed by atoms with Gasteiger partial charge in [0.05, 0.1) is 21.6 Å². The highest BCUT2D eigenvalue weighted by Gasteiger charge is 2.31. The van der Waals surface area contributed by atoms with Gasteiger partial charge in [0.2, 0.25) is 0 Å². The molecule has 2 N–H and O–H groups in total. The van der Waals surface area contributed by atoms with Crippen LogP contribution < -0.4 is 9.62 Å². The van der Waals surface area contributed by atoms with Crippen LogP contribution in [0.2, 0.25) is 0 Å². The maximum Gasteiger partial charge on any atom is 0.293 e. The Kier molecular flexibility index (Phi) is 4.59. The number of hydrogen-bond donors (Lipinski definition) is 2. The van der Waals surface area contributed by atoms with Crippen LogP contribution in [0.3, 0.4) is 0 Å². The second kappa shape index (κ2) is 6.58. The van der Waals surface area contributed by atoms with Crippen LogP contribution in [0.15, 0.2) is 41.3 Å². The monoisotopic (exact) mass is 377 g/mol. The first-order valence-electron chi connectivity index (χ1n) is 7.99. The van der Waals surface area contributed by atoms with Gasteiger partial charge in [0.1, 0.15) is 5.69 Å². The van der Waals surface area contributed by atoms with Gasteiger partial charge in [0.15, 0.2) is 0 Å². The van der Waals surface area contributed by atoms with Gasteiger partial charge in [-0.25, -0.2) is 8.42 Å². The number of aryl methyl sites for hydroxylation is 2. The van der Waals surface area contributed by atoms with E-state index >= 15 is 0 Å². The molecule has 0 aliphatic carbocycles. The zero-order valence-electron chi connectivity index (χ0n) is 14.3. The molecule has 3 rings (SSSR count). The first-order valence-corrected chi connectivity index (χ1v) is 9.47. The van der Waals surface area contributed by atoms with E-state index in [1.54, 1.807) is 24.0 Å². The minimum absolute atomic E-state index is 0.186. The number of nitro benzene ring substituents is 1. The number of nitro groups is 1. The Morgan fingerprint density at radius 3 is 2.46 bits per heavy atom. The number of benzene rings is 2. The van der Waals surface area contributed by atoms with E-state index in [-0.39, 0.29) is 23.7 Å². The number of β-amino-alcohol motifs (C(OH)–C–C–N with tert-alkyl or cyclic N) is 1. The van der Waals surface area contributed by atoms with Crippen molar-refractivity contribution < 1.29 is 18.4 Å². The van der Waals surface area contributed by atoms with E-state index in [2.05, 4.69) is 4.72 Å². The van der Waals surface area contributed by atoms with E-state index in [0.29, 0.717) is 11.4 Å². The molecule has 1 aliphatic rings. The molecule has 2 aromatic rings. The summed E-state index contributed by atoms with van der Waals surface area (Å²) in [5, 5.41) is 20.8. The van der Waals surface area contributed by atoms with Gasteiger partial charge in [-0.3, -0.25) is 14.8 Å². The number of hydrogen-bond acceptors (Lipinski definition) is 6. The van der Waals surface area contributed by atoms with Gasteiger partial charge in [0, 0.05) is 19.2 Å². The number of sulfonamides is 1. The molecule has 1 heterocycles. The predicted molar refractivity (Wildman–Crippen MR) is 98.0 cm³/mol. The van der Waals surface area contributed by atoms with Crippen LogP contribution in [0.4, 0.5) is 17.1 Å². The third kappa shape index (κ3) is 3.49. The van der Waals surface area contributed by atoms with Crippen molar-refractivity contribution in [3.8, 4) is 0 Å². The van der Waals surface area contributed by atoms with Gasteiger partial charge in [0.25, 0.3) is 15.7 Å². The summed E-state index contributed by atoms with van der Waals surface area (Å²) < 4.78 is 27.8. The topological polar surface area (TPSA) is 113 Å². The second-order valence-electron chi connectivity index (χ2n) is 6.39. The van der Waals surface area contributed by atoms with Crippen LogP contribution >= 0.6 is 0 Å². The lowest BCUT2D eigenvalue weighted by atomic mass is 10.1. The van der Waals surface area contributed by atoms with Gasteiger partial charge in [-0.05, 0) is 37.6 Å². The highest BCUT2D eigenvalue weighted by atomic mass is 32.2. The molecule has 0 aromatic heterocycles. The summed E-state index contributed by atoms with van der Waals surface area (Å²) in [6.07, 6.45) is -0.524. The number of aliphatic hydroxyl groups is 1. The number of nitrogens with zero attached hydrogens (tertiary/aromatic N) is 2. The standard InChI is InChI=1S/C17H19N3O5S/c1-11-3-5-15(12(2)7-11)18-26(24,25)14-4-6-16(17(8-14)20(22)23)19-9-13(21)10-19/h3-8,13,18,21H,9-10H2,1-2H3. The molecule has 138 valence electrons. The lowest BCUT2D eigenvalue weighted by Gasteiger charge is -2.37. The van der Waals surface area contributed by atoms with E-state index in [4.69, 9.17) is 0 Å². The van der Waals surface area contributed by atoms with Crippen LogP contribution in [0.25, 0.3) is 0 Å². The fraction of sp³-hybridized carbons (Fsp3) is 0.294. The third-order valence-electron chi connectivity index (χ3n) is 4.28. The number of aliphatic hydroxyl groups excluding tert-OH is 1. The molecular weight excluding hydrogens is 358 g/mol. The molecule has 26 heavy (non-hydrogen) atoms. The normalized spacial score (nSPS) is 14.8. The molecule has 9 heteroatoms. The molecular formula is C17H19N3O5S. The van der Waals surface area contributed by atoms with E-state index in [9.17, 15) is 23.6 Å². The number of nitrogens with one attached hydrogen (secondary N) is 1. The molecule has 0 saturated carbocycles. The first kappa shape index (κ1) is 18.2. The lowest BCUT2D eigenvalue weighted by molar-refractivity contribution is -0.384. The highest BCUT2D eigenvalue weighted by molar-refractivity contribution is 7.92. The van der Waals surface area contributed by atoms with Crippen LogP contribution in [0.5, 0.6) is 0 Å². The fourth-order valence-corrected chi connectivity index (χ4v) is 4.02. The molecule has 1 aliphatic heterocycles. The molecule has 0 spiro atoms. The molecule has 1 saturated heterocycles. The molecule has 2 aromatic carbocycles. The average Bonchev–Trinajstić information content (AvgIpc) is 2.54. The summed E-state index contributed by atoms with van der Waals surface area (Å²) in [4.78, 5) is 12.2. The maximum absolute atomic E-state index is 12.6. The number of rotatable bonds is 5. The van der Waals surface area contributed by atoms with E-state index in [1.165, 1.54) is 12.1 Å². The van der Waals surface area contributed by atoms with Crippen molar-refractivity contribution in [2.24, 2.45) is 0 Å². The molecule has 0 bridgehead atoms. The quantitative estimate of drug-likeness (QED) is 0.610. The Bertz CT molecular complexity index is 968.